The summed E-state index contributed by atoms with van der Waals surface area (Å²) in [6, 6.07) is 14.8. The van der Waals surface area contributed by atoms with E-state index in [1.165, 1.54) is 17.7 Å². The second-order valence-electron chi connectivity index (χ2n) is 8.84. The van der Waals surface area contributed by atoms with Crippen molar-refractivity contribution in [1.82, 2.24) is 29.3 Å². The third kappa shape index (κ3) is 3.91. The van der Waals surface area contributed by atoms with Crippen molar-refractivity contribution in [3.05, 3.63) is 90.7 Å². The minimum atomic E-state index is -0.0926. The van der Waals surface area contributed by atoms with Gasteiger partial charge in [0, 0.05) is 10.4 Å². The molecule has 8 nitrogen and oxygen atoms in total. The van der Waals surface area contributed by atoms with Crippen LogP contribution in [-0.4, -0.2) is 34.4 Å². The van der Waals surface area contributed by atoms with Gasteiger partial charge >= 0.3 is 0 Å². The van der Waals surface area contributed by atoms with Crippen LogP contribution >= 0.6 is 33.9 Å². The van der Waals surface area contributed by atoms with Gasteiger partial charge in [-0.15, -0.1) is 11.3 Å². The minimum Gasteiger partial charge on any atom is -0.508 e. The van der Waals surface area contributed by atoms with Crippen LogP contribution in [0.15, 0.2) is 59.7 Å². The third-order valence-electron chi connectivity index (χ3n) is 6.52. The van der Waals surface area contributed by atoms with Gasteiger partial charge in [0.15, 0.2) is 5.65 Å². The summed E-state index contributed by atoms with van der Waals surface area (Å²) in [6.07, 6.45) is 1.51. The third-order valence-corrected chi connectivity index (χ3v) is 8.44. The van der Waals surface area contributed by atoms with Gasteiger partial charge in [-0.05, 0) is 72.7 Å². The average molecular weight is 620 g/mol. The van der Waals surface area contributed by atoms with Crippen LogP contribution in [0.5, 0.6) is 5.75 Å². The Hall–Kier alpha value is -3.64. The summed E-state index contributed by atoms with van der Waals surface area (Å²) in [5.74, 6) is 0.713. The molecule has 0 saturated heterocycles. The number of phenols is 1. The van der Waals surface area contributed by atoms with Crippen LogP contribution in [0.2, 0.25) is 0 Å². The van der Waals surface area contributed by atoms with Crippen molar-refractivity contribution < 1.29 is 5.11 Å². The number of aryl methyl sites for hydroxylation is 3. The number of benzene rings is 2. The van der Waals surface area contributed by atoms with Crippen LogP contribution in [0.25, 0.3) is 38.2 Å². The fraction of sp³-hybridized carbons (Fsp3) is 0.148. The average Bonchev–Trinajstić information content (AvgIpc) is 3.38. The van der Waals surface area contributed by atoms with Crippen molar-refractivity contribution in [1.29, 1.82) is 0 Å². The molecule has 0 spiro atoms. The number of fused-ring (bicyclic) bond motifs is 2. The summed E-state index contributed by atoms with van der Waals surface area (Å²) < 4.78 is 4.20. The van der Waals surface area contributed by atoms with E-state index in [2.05, 4.69) is 32.6 Å². The van der Waals surface area contributed by atoms with Gasteiger partial charge in [-0.1, -0.05) is 30.3 Å². The lowest BCUT2D eigenvalue weighted by Gasteiger charge is -2.15. The van der Waals surface area contributed by atoms with Crippen molar-refractivity contribution in [3.8, 4) is 22.7 Å². The molecule has 0 radical (unpaired) electrons. The summed E-state index contributed by atoms with van der Waals surface area (Å²) >= 11 is 3.70. The first-order valence-corrected chi connectivity index (χ1v) is 13.5. The fourth-order valence-corrected chi connectivity index (χ4v) is 6.24. The molecule has 0 aliphatic heterocycles. The molecule has 37 heavy (non-hydrogen) atoms. The lowest BCUT2D eigenvalue weighted by Crippen LogP contribution is -2.26. The summed E-state index contributed by atoms with van der Waals surface area (Å²) in [4.78, 5) is 29.6. The maximum atomic E-state index is 14.0. The molecule has 0 fully saturated rings. The van der Waals surface area contributed by atoms with E-state index in [-0.39, 0.29) is 17.9 Å². The van der Waals surface area contributed by atoms with Crippen molar-refractivity contribution >= 4 is 55.2 Å². The second-order valence-corrected chi connectivity index (χ2v) is 11.1. The first-order chi connectivity index (χ1) is 17.8. The Balaban J connectivity index is 1.63. The van der Waals surface area contributed by atoms with E-state index in [1.807, 2.05) is 51.1 Å². The largest absolute Gasteiger partial charge is 0.508 e. The molecular weight excluding hydrogens is 599 g/mol. The molecule has 0 bridgehead atoms. The number of thiophene rings is 1. The Bertz CT molecular complexity index is 1910. The first kappa shape index (κ1) is 23.7. The molecular formula is C27H21IN6O2S. The number of aromatic hydroxyl groups is 1. The lowest BCUT2D eigenvalue weighted by molar-refractivity contribution is 0.475. The zero-order valence-electron chi connectivity index (χ0n) is 20.2. The molecule has 0 atom stereocenters. The Morgan fingerprint density at radius 2 is 1.84 bits per heavy atom. The van der Waals surface area contributed by atoms with E-state index >= 15 is 0 Å². The Kier molecular flexibility index (Phi) is 5.80. The molecule has 0 unspecified atom stereocenters. The van der Waals surface area contributed by atoms with Crippen molar-refractivity contribution in [3.63, 3.8) is 0 Å². The highest BCUT2D eigenvalue weighted by Crippen LogP contribution is 2.32. The number of phenolic OH excluding ortho intramolecular Hbond substituents is 1. The molecule has 4 aromatic heterocycles. The Morgan fingerprint density at radius 1 is 1.03 bits per heavy atom. The standard InChI is InChI=1S/C27H21IN6O2S/c1-14-7-4-5-10-19(14)34-20(31-26-21(27(34)36)15(2)16(3)37-26)12-33-25-22(24(28)29-13-30-25)23(32-33)17-8-6-9-18(35)11-17/h4-11,13,35H,12H2,1-3H3. The Labute approximate surface area is 229 Å². The molecule has 10 heteroatoms. The predicted octanol–water partition coefficient (Wildman–Crippen LogP) is 5.54. The maximum absolute atomic E-state index is 14.0. The molecule has 184 valence electrons. The van der Waals surface area contributed by atoms with Crippen molar-refractivity contribution in [2.24, 2.45) is 0 Å². The summed E-state index contributed by atoms with van der Waals surface area (Å²) in [5, 5.41) is 16.4. The molecule has 0 saturated carbocycles. The van der Waals surface area contributed by atoms with Crippen LogP contribution < -0.4 is 5.56 Å². The van der Waals surface area contributed by atoms with E-state index in [4.69, 9.17) is 10.1 Å². The van der Waals surface area contributed by atoms with Crippen molar-refractivity contribution in [2.45, 2.75) is 27.3 Å². The molecule has 0 aliphatic rings. The maximum Gasteiger partial charge on any atom is 0.267 e. The quantitative estimate of drug-likeness (QED) is 0.206. The Morgan fingerprint density at radius 3 is 2.62 bits per heavy atom. The molecule has 0 amide bonds. The van der Waals surface area contributed by atoms with Gasteiger partial charge in [0.1, 0.15) is 38.7 Å². The SMILES string of the molecule is Cc1ccccc1-n1c(Cn2nc(-c3cccc(O)c3)c3c(I)ncnc32)nc2sc(C)c(C)c2c1=O. The topological polar surface area (TPSA) is 98.7 Å². The number of nitrogens with zero attached hydrogens (tertiary/aromatic N) is 6. The number of para-hydroxylation sites is 1. The first-order valence-electron chi connectivity index (χ1n) is 11.6. The molecule has 6 aromatic rings. The highest BCUT2D eigenvalue weighted by Gasteiger charge is 2.22. The molecule has 4 heterocycles. The smallest absolute Gasteiger partial charge is 0.267 e. The van der Waals surface area contributed by atoms with E-state index in [1.54, 1.807) is 27.4 Å². The zero-order valence-corrected chi connectivity index (χ0v) is 23.2. The minimum absolute atomic E-state index is 0.0926. The van der Waals surface area contributed by atoms with E-state index in [0.29, 0.717) is 27.4 Å². The monoisotopic (exact) mass is 620 g/mol. The van der Waals surface area contributed by atoms with Gasteiger partial charge in [-0.2, -0.15) is 5.10 Å². The summed E-state index contributed by atoms with van der Waals surface area (Å²) in [6.45, 7) is 6.19. The van der Waals surface area contributed by atoms with Gasteiger partial charge in [0.05, 0.1) is 16.5 Å². The van der Waals surface area contributed by atoms with Crippen LogP contribution in [-0.2, 0) is 6.54 Å². The highest BCUT2D eigenvalue weighted by atomic mass is 127. The predicted molar refractivity (Wildman–Crippen MR) is 154 cm³/mol. The summed E-state index contributed by atoms with van der Waals surface area (Å²) in [7, 11) is 0. The lowest BCUT2D eigenvalue weighted by atomic mass is 10.1. The van der Waals surface area contributed by atoms with E-state index in [9.17, 15) is 9.90 Å². The molecule has 0 aliphatic carbocycles. The summed E-state index contributed by atoms with van der Waals surface area (Å²) in [5.41, 5.74) is 4.66. The molecule has 6 rings (SSSR count). The number of rotatable bonds is 4. The second kappa shape index (κ2) is 9.03. The number of halogens is 1. The normalized spacial score (nSPS) is 11.6. The van der Waals surface area contributed by atoms with E-state index in [0.717, 1.165) is 36.3 Å². The van der Waals surface area contributed by atoms with Gasteiger partial charge in [0.2, 0.25) is 0 Å². The van der Waals surface area contributed by atoms with Gasteiger partial charge in [-0.25, -0.2) is 19.6 Å². The van der Waals surface area contributed by atoms with E-state index < -0.39 is 0 Å². The van der Waals surface area contributed by atoms with Crippen LogP contribution in [0.1, 0.15) is 21.8 Å². The van der Waals surface area contributed by atoms with Crippen LogP contribution in [0, 0.1) is 24.5 Å². The van der Waals surface area contributed by atoms with Gasteiger partial charge < -0.3 is 5.11 Å². The van der Waals surface area contributed by atoms with Gasteiger partial charge in [-0.3, -0.25) is 9.36 Å². The number of aromatic nitrogens is 6. The fourth-order valence-electron chi connectivity index (χ4n) is 4.58. The van der Waals surface area contributed by atoms with Gasteiger partial charge in [0.25, 0.3) is 5.56 Å². The number of hydrogen-bond donors (Lipinski definition) is 1. The highest BCUT2D eigenvalue weighted by molar-refractivity contribution is 14.1. The molecule has 2 aromatic carbocycles. The molecule has 1 N–H and O–H groups in total. The van der Waals surface area contributed by atoms with Crippen LogP contribution in [0.3, 0.4) is 0 Å². The number of hydrogen-bond acceptors (Lipinski definition) is 7. The van der Waals surface area contributed by atoms with Crippen molar-refractivity contribution in [2.75, 3.05) is 0 Å². The zero-order chi connectivity index (χ0) is 25.8. The van der Waals surface area contributed by atoms with Crippen LogP contribution in [0.4, 0.5) is 0 Å².